The first kappa shape index (κ1) is 11.6. The molecule has 0 fully saturated rings. The molecule has 84 valence electrons. The van der Waals surface area contributed by atoms with E-state index in [9.17, 15) is 0 Å². The molecule has 0 amide bonds. The summed E-state index contributed by atoms with van der Waals surface area (Å²) in [6.45, 7) is 2.05. The fourth-order valence-corrected chi connectivity index (χ4v) is 2.16. The van der Waals surface area contributed by atoms with Crippen molar-refractivity contribution >= 4 is 11.8 Å². The third kappa shape index (κ3) is 2.63. The molecule has 2 aromatic rings. The van der Waals surface area contributed by atoms with E-state index in [0.29, 0.717) is 5.69 Å². The summed E-state index contributed by atoms with van der Waals surface area (Å²) >= 11 is 1.62. The Bertz CT molecular complexity index is 546. The maximum Gasteiger partial charge on any atom is 0.154 e. The Morgan fingerprint density at radius 1 is 1.24 bits per heavy atom. The average Bonchev–Trinajstić information content (AvgIpc) is 2.40. The zero-order valence-electron chi connectivity index (χ0n) is 9.42. The maximum absolute atomic E-state index is 9.07. The first-order chi connectivity index (χ1) is 8.35. The third-order valence-electron chi connectivity index (χ3n) is 2.19. The fourth-order valence-electron chi connectivity index (χ4n) is 1.46. The van der Waals surface area contributed by atoms with Crippen molar-refractivity contribution in [2.75, 3.05) is 5.75 Å². The van der Waals surface area contributed by atoms with Crippen LogP contribution >= 0.6 is 11.8 Å². The van der Waals surface area contributed by atoms with Gasteiger partial charge in [-0.25, -0.2) is 4.98 Å². The van der Waals surface area contributed by atoms with E-state index >= 15 is 0 Å². The molecule has 17 heavy (non-hydrogen) atoms. The van der Waals surface area contributed by atoms with Crippen molar-refractivity contribution < 1.29 is 0 Å². The quantitative estimate of drug-likeness (QED) is 0.775. The van der Waals surface area contributed by atoms with E-state index in [4.69, 9.17) is 5.26 Å². The maximum atomic E-state index is 9.07. The highest BCUT2D eigenvalue weighted by molar-refractivity contribution is 7.99. The van der Waals surface area contributed by atoms with Crippen molar-refractivity contribution in [2.45, 2.75) is 11.8 Å². The Morgan fingerprint density at radius 3 is 2.76 bits per heavy atom. The molecule has 0 aliphatic heterocycles. The Kier molecular flexibility index (Phi) is 3.73. The van der Waals surface area contributed by atoms with Crippen LogP contribution < -0.4 is 0 Å². The highest BCUT2D eigenvalue weighted by Gasteiger charge is 2.07. The van der Waals surface area contributed by atoms with Crippen LogP contribution in [0.3, 0.4) is 0 Å². The largest absolute Gasteiger partial charge is 0.255 e. The van der Waals surface area contributed by atoms with E-state index in [1.165, 1.54) is 0 Å². The van der Waals surface area contributed by atoms with Crippen LogP contribution in [0, 0.1) is 11.3 Å². The molecule has 0 aliphatic rings. The summed E-state index contributed by atoms with van der Waals surface area (Å²) in [5.74, 6) is 0.930. The summed E-state index contributed by atoms with van der Waals surface area (Å²) in [7, 11) is 0. The number of thioether (sulfide) groups is 1. The number of hydrogen-bond acceptors (Lipinski definition) is 4. The molecule has 2 rings (SSSR count). The van der Waals surface area contributed by atoms with E-state index < -0.39 is 0 Å². The Hall–Kier alpha value is -1.86. The van der Waals surface area contributed by atoms with Crippen molar-refractivity contribution in [3.05, 3.63) is 42.2 Å². The molecule has 0 N–H and O–H groups in total. The van der Waals surface area contributed by atoms with Crippen molar-refractivity contribution in [2.24, 2.45) is 0 Å². The van der Waals surface area contributed by atoms with Crippen molar-refractivity contribution in [3.8, 4) is 17.5 Å². The topological polar surface area (TPSA) is 49.6 Å². The highest BCUT2D eigenvalue weighted by atomic mass is 32.2. The summed E-state index contributed by atoms with van der Waals surface area (Å²) < 4.78 is 0. The Balaban J connectivity index is 2.43. The van der Waals surface area contributed by atoms with Gasteiger partial charge >= 0.3 is 0 Å². The van der Waals surface area contributed by atoms with Crippen molar-refractivity contribution in [1.82, 2.24) is 9.97 Å². The summed E-state index contributed by atoms with van der Waals surface area (Å²) in [6, 6.07) is 11.6. The first-order valence-corrected chi connectivity index (χ1v) is 6.29. The van der Waals surface area contributed by atoms with Gasteiger partial charge in [0.2, 0.25) is 0 Å². The van der Waals surface area contributed by atoms with E-state index in [1.54, 1.807) is 18.0 Å². The van der Waals surface area contributed by atoms with Crippen molar-refractivity contribution in [3.63, 3.8) is 0 Å². The summed E-state index contributed by atoms with van der Waals surface area (Å²) in [4.78, 5) is 9.48. The number of rotatable bonds is 3. The number of nitriles is 1. The van der Waals surface area contributed by atoms with Gasteiger partial charge in [0.15, 0.2) is 5.69 Å². The molecule has 0 radical (unpaired) electrons. The molecule has 2 heterocycles. The minimum atomic E-state index is 0.472. The van der Waals surface area contributed by atoms with Gasteiger partial charge in [0, 0.05) is 11.1 Å². The van der Waals surface area contributed by atoms with Gasteiger partial charge in [-0.05, 0) is 30.0 Å². The lowest BCUT2D eigenvalue weighted by atomic mass is 10.2. The van der Waals surface area contributed by atoms with Crippen LogP contribution in [-0.2, 0) is 0 Å². The molecular weight excluding hydrogens is 230 g/mol. The van der Waals surface area contributed by atoms with Gasteiger partial charge in [-0.3, -0.25) is 4.98 Å². The normalized spacial score (nSPS) is 9.88. The van der Waals surface area contributed by atoms with Crippen LogP contribution in [0.5, 0.6) is 0 Å². The van der Waals surface area contributed by atoms with Crippen LogP contribution in [0.2, 0.25) is 0 Å². The Labute approximate surface area is 105 Å². The molecular formula is C13H11N3S. The Morgan fingerprint density at radius 2 is 2.12 bits per heavy atom. The van der Waals surface area contributed by atoms with Crippen LogP contribution in [0.25, 0.3) is 11.4 Å². The molecule has 0 spiro atoms. The summed E-state index contributed by atoms with van der Waals surface area (Å²) in [5, 5.41) is 9.07. The molecule has 0 aliphatic carbocycles. The molecule has 0 aromatic carbocycles. The summed E-state index contributed by atoms with van der Waals surface area (Å²) in [5.41, 5.74) is 2.00. The minimum Gasteiger partial charge on any atom is -0.255 e. The van der Waals surface area contributed by atoms with Gasteiger partial charge < -0.3 is 0 Å². The van der Waals surface area contributed by atoms with Crippen LogP contribution in [0.1, 0.15) is 12.6 Å². The summed E-state index contributed by atoms with van der Waals surface area (Å²) in [6.07, 6.45) is 1.72. The molecule has 0 saturated heterocycles. The molecule has 2 aromatic heterocycles. The lowest BCUT2D eigenvalue weighted by Gasteiger charge is -2.04. The zero-order chi connectivity index (χ0) is 12.1. The third-order valence-corrected chi connectivity index (χ3v) is 3.12. The van der Waals surface area contributed by atoms with Gasteiger partial charge in [0.1, 0.15) is 6.07 Å². The molecule has 3 nitrogen and oxygen atoms in total. The molecule has 4 heteroatoms. The molecule has 0 bridgehead atoms. The number of pyridine rings is 2. The van der Waals surface area contributed by atoms with E-state index in [2.05, 4.69) is 23.0 Å². The second-order valence-corrected chi connectivity index (χ2v) is 4.61. The number of nitrogens with zero attached hydrogens (tertiary/aromatic N) is 3. The monoisotopic (exact) mass is 241 g/mol. The van der Waals surface area contributed by atoms with Crippen LogP contribution in [0.15, 0.2) is 41.4 Å². The smallest absolute Gasteiger partial charge is 0.154 e. The minimum absolute atomic E-state index is 0.472. The lowest BCUT2D eigenvalue weighted by molar-refractivity contribution is 1.16. The predicted molar refractivity (Wildman–Crippen MR) is 68.6 cm³/mol. The molecule has 0 saturated carbocycles. The average molecular weight is 241 g/mol. The van der Waals surface area contributed by atoms with Gasteiger partial charge in [0.05, 0.1) is 11.4 Å². The second kappa shape index (κ2) is 5.46. The number of aromatic nitrogens is 2. The highest BCUT2D eigenvalue weighted by Crippen LogP contribution is 2.23. The van der Waals surface area contributed by atoms with Gasteiger partial charge in [0.25, 0.3) is 0 Å². The first-order valence-electron chi connectivity index (χ1n) is 5.30. The fraction of sp³-hybridized carbons (Fsp3) is 0.154. The number of hydrogen-bond donors (Lipinski definition) is 0. The van der Waals surface area contributed by atoms with E-state index in [-0.39, 0.29) is 0 Å². The second-order valence-electron chi connectivity index (χ2n) is 3.30. The molecule has 0 atom stereocenters. The van der Waals surface area contributed by atoms with Crippen LogP contribution in [-0.4, -0.2) is 15.7 Å². The van der Waals surface area contributed by atoms with Gasteiger partial charge in [-0.15, -0.1) is 11.8 Å². The van der Waals surface area contributed by atoms with E-state index in [0.717, 1.165) is 22.0 Å². The van der Waals surface area contributed by atoms with Gasteiger partial charge in [-0.1, -0.05) is 13.0 Å². The van der Waals surface area contributed by atoms with E-state index in [1.807, 2.05) is 30.3 Å². The lowest BCUT2D eigenvalue weighted by Crippen LogP contribution is -1.92. The van der Waals surface area contributed by atoms with Gasteiger partial charge in [-0.2, -0.15) is 5.26 Å². The zero-order valence-corrected chi connectivity index (χ0v) is 10.2. The van der Waals surface area contributed by atoms with Crippen LogP contribution in [0.4, 0.5) is 0 Å². The molecule has 0 unspecified atom stereocenters. The van der Waals surface area contributed by atoms with Crippen molar-refractivity contribution in [1.29, 1.82) is 5.26 Å². The standard InChI is InChI=1S/C13H11N3S/c1-2-17-13-7-6-11(16-12(13)9-14)10-5-3-4-8-15-10/h3-8H,2H2,1H3. The SMILES string of the molecule is CCSc1ccc(-c2ccccn2)nc1C#N. The predicted octanol–water partition coefficient (Wildman–Crippen LogP) is 3.13.